The molecule has 2 aliphatic heterocycles. The Bertz CT molecular complexity index is 170. The second kappa shape index (κ2) is 3.27. The molecule has 2 saturated heterocycles. The number of fused-ring (bicyclic) bond motifs is 3. The van der Waals surface area contributed by atoms with E-state index in [1.165, 1.54) is 51.5 Å². The van der Waals surface area contributed by atoms with Gasteiger partial charge in [-0.15, -0.1) is 0 Å². The predicted octanol–water partition coefficient (Wildman–Crippen LogP) is 2.80. The fourth-order valence-electron chi connectivity index (χ4n) is 3.96. The second-order valence-corrected chi connectivity index (χ2v) is 5.24. The molecule has 3 aliphatic rings. The first-order valence-electron chi connectivity index (χ1n) is 6.21. The summed E-state index contributed by atoms with van der Waals surface area (Å²) in [6, 6.07) is 2.01. The number of rotatable bonds is 0. The maximum atomic E-state index is 2.87. The lowest BCUT2D eigenvalue weighted by molar-refractivity contribution is 0.122. The molecular weight excluding hydrogens is 158 g/mol. The van der Waals surface area contributed by atoms with Crippen LogP contribution < -0.4 is 0 Å². The van der Waals surface area contributed by atoms with Gasteiger partial charge in [-0.3, -0.25) is 4.90 Å². The van der Waals surface area contributed by atoms with Crippen molar-refractivity contribution in [1.29, 1.82) is 0 Å². The summed E-state index contributed by atoms with van der Waals surface area (Å²) in [6.07, 6.45) is 12.1. The number of hydrogen-bond donors (Lipinski definition) is 0. The van der Waals surface area contributed by atoms with E-state index in [1.54, 1.807) is 6.42 Å². The summed E-state index contributed by atoms with van der Waals surface area (Å²) >= 11 is 0. The molecule has 2 heterocycles. The number of hydrogen-bond acceptors (Lipinski definition) is 1. The predicted molar refractivity (Wildman–Crippen MR) is 54.7 cm³/mol. The van der Waals surface area contributed by atoms with Gasteiger partial charge in [0.15, 0.2) is 0 Å². The van der Waals surface area contributed by atoms with E-state index in [-0.39, 0.29) is 0 Å². The van der Waals surface area contributed by atoms with Gasteiger partial charge in [-0.1, -0.05) is 19.3 Å². The maximum absolute atomic E-state index is 2.87. The van der Waals surface area contributed by atoms with Crippen LogP contribution in [-0.2, 0) is 0 Å². The van der Waals surface area contributed by atoms with Crippen LogP contribution in [-0.4, -0.2) is 23.5 Å². The van der Waals surface area contributed by atoms with Crippen molar-refractivity contribution in [3.63, 3.8) is 0 Å². The lowest BCUT2D eigenvalue weighted by atomic mass is 9.85. The Morgan fingerprint density at radius 3 is 2.69 bits per heavy atom. The third-order valence-electron chi connectivity index (χ3n) is 4.54. The standard InChI is InChI=1S/C12H21N/c1-2-7-12-10(5-1)9-11-6-3-4-8-13(11)12/h10-12H,1-9H2. The van der Waals surface area contributed by atoms with E-state index in [1.807, 2.05) is 0 Å². The Hall–Kier alpha value is -0.0400. The van der Waals surface area contributed by atoms with E-state index in [4.69, 9.17) is 0 Å². The molecule has 0 bridgehead atoms. The van der Waals surface area contributed by atoms with E-state index in [0.717, 1.165) is 18.0 Å². The normalized spacial score (nSPS) is 45.7. The highest BCUT2D eigenvalue weighted by atomic mass is 15.2. The van der Waals surface area contributed by atoms with Crippen molar-refractivity contribution in [2.45, 2.75) is 63.5 Å². The van der Waals surface area contributed by atoms with Gasteiger partial charge in [-0.25, -0.2) is 0 Å². The van der Waals surface area contributed by atoms with Crippen LogP contribution in [0.2, 0.25) is 0 Å². The average Bonchev–Trinajstić information content (AvgIpc) is 2.56. The number of piperidine rings is 1. The van der Waals surface area contributed by atoms with Crippen molar-refractivity contribution < 1.29 is 0 Å². The molecule has 3 rings (SSSR count). The first-order valence-corrected chi connectivity index (χ1v) is 6.21. The third kappa shape index (κ3) is 1.32. The number of nitrogens with zero attached hydrogens (tertiary/aromatic N) is 1. The summed E-state index contributed by atoms with van der Waals surface area (Å²) in [7, 11) is 0. The summed E-state index contributed by atoms with van der Waals surface area (Å²) in [6.45, 7) is 1.42. The van der Waals surface area contributed by atoms with Crippen LogP contribution in [0.1, 0.15) is 51.4 Å². The molecule has 0 N–H and O–H groups in total. The summed E-state index contributed by atoms with van der Waals surface area (Å²) < 4.78 is 0. The molecule has 3 unspecified atom stereocenters. The smallest absolute Gasteiger partial charge is 0.0127 e. The van der Waals surface area contributed by atoms with E-state index in [9.17, 15) is 0 Å². The zero-order chi connectivity index (χ0) is 8.67. The van der Waals surface area contributed by atoms with Gasteiger partial charge in [0.2, 0.25) is 0 Å². The lowest BCUT2D eigenvalue weighted by Crippen LogP contribution is -2.41. The summed E-state index contributed by atoms with van der Waals surface area (Å²) in [5.41, 5.74) is 0. The molecule has 0 spiro atoms. The molecule has 3 atom stereocenters. The Morgan fingerprint density at radius 1 is 0.846 bits per heavy atom. The summed E-state index contributed by atoms with van der Waals surface area (Å²) in [5.74, 6) is 1.09. The van der Waals surface area contributed by atoms with Gasteiger partial charge >= 0.3 is 0 Å². The molecule has 0 amide bonds. The van der Waals surface area contributed by atoms with Crippen molar-refractivity contribution in [3.8, 4) is 0 Å². The van der Waals surface area contributed by atoms with Gasteiger partial charge in [0.1, 0.15) is 0 Å². The largest absolute Gasteiger partial charge is 0.297 e. The molecule has 1 saturated carbocycles. The maximum Gasteiger partial charge on any atom is 0.0127 e. The Labute approximate surface area is 81.5 Å². The van der Waals surface area contributed by atoms with E-state index < -0.39 is 0 Å². The topological polar surface area (TPSA) is 3.24 Å². The van der Waals surface area contributed by atoms with Gasteiger partial charge in [0.25, 0.3) is 0 Å². The SMILES string of the molecule is C1CCC2C(C1)CC1CCCCN12. The van der Waals surface area contributed by atoms with Gasteiger partial charge in [-0.2, -0.15) is 0 Å². The van der Waals surface area contributed by atoms with Crippen LogP contribution in [0.25, 0.3) is 0 Å². The molecule has 3 fully saturated rings. The van der Waals surface area contributed by atoms with Gasteiger partial charge < -0.3 is 0 Å². The molecule has 0 radical (unpaired) electrons. The van der Waals surface area contributed by atoms with Crippen molar-refractivity contribution in [1.82, 2.24) is 4.90 Å². The highest BCUT2D eigenvalue weighted by molar-refractivity contribution is 4.96. The monoisotopic (exact) mass is 179 g/mol. The zero-order valence-electron chi connectivity index (χ0n) is 8.54. The zero-order valence-corrected chi connectivity index (χ0v) is 8.54. The molecule has 0 aromatic rings. The third-order valence-corrected chi connectivity index (χ3v) is 4.54. The molecule has 1 nitrogen and oxygen atoms in total. The molecular formula is C12H21N. The highest BCUT2D eigenvalue weighted by Gasteiger charge is 2.42. The Balaban J connectivity index is 1.76. The molecule has 1 aliphatic carbocycles. The van der Waals surface area contributed by atoms with Gasteiger partial charge in [-0.05, 0) is 44.6 Å². The lowest BCUT2D eigenvalue weighted by Gasteiger charge is -2.36. The van der Waals surface area contributed by atoms with Gasteiger partial charge in [0, 0.05) is 12.1 Å². The van der Waals surface area contributed by atoms with Crippen molar-refractivity contribution >= 4 is 0 Å². The molecule has 13 heavy (non-hydrogen) atoms. The van der Waals surface area contributed by atoms with Crippen LogP contribution in [0.4, 0.5) is 0 Å². The van der Waals surface area contributed by atoms with Crippen LogP contribution in [0.5, 0.6) is 0 Å². The second-order valence-electron chi connectivity index (χ2n) is 5.24. The fraction of sp³-hybridized carbons (Fsp3) is 1.00. The first kappa shape index (κ1) is 8.28. The molecule has 0 aromatic carbocycles. The average molecular weight is 179 g/mol. The van der Waals surface area contributed by atoms with Crippen molar-refractivity contribution in [2.24, 2.45) is 5.92 Å². The minimum atomic E-state index is 1.00. The summed E-state index contributed by atoms with van der Waals surface area (Å²) in [5, 5.41) is 0. The van der Waals surface area contributed by atoms with Crippen LogP contribution in [0, 0.1) is 5.92 Å². The van der Waals surface area contributed by atoms with E-state index >= 15 is 0 Å². The highest BCUT2D eigenvalue weighted by Crippen LogP contribution is 2.42. The molecule has 0 aromatic heterocycles. The fourth-order valence-corrected chi connectivity index (χ4v) is 3.96. The molecule has 74 valence electrons. The van der Waals surface area contributed by atoms with E-state index in [2.05, 4.69) is 4.90 Å². The van der Waals surface area contributed by atoms with Crippen LogP contribution >= 0.6 is 0 Å². The Kier molecular flexibility index (Phi) is 2.08. The quantitative estimate of drug-likeness (QED) is 0.552. The van der Waals surface area contributed by atoms with Crippen molar-refractivity contribution in [3.05, 3.63) is 0 Å². The molecule has 1 heteroatoms. The minimum Gasteiger partial charge on any atom is -0.297 e. The minimum absolute atomic E-state index is 1.00. The van der Waals surface area contributed by atoms with Gasteiger partial charge in [0.05, 0.1) is 0 Å². The summed E-state index contributed by atoms with van der Waals surface area (Å²) in [4.78, 5) is 2.87. The van der Waals surface area contributed by atoms with Crippen LogP contribution in [0.15, 0.2) is 0 Å². The van der Waals surface area contributed by atoms with Crippen LogP contribution in [0.3, 0.4) is 0 Å². The Morgan fingerprint density at radius 2 is 1.69 bits per heavy atom. The first-order chi connectivity index (χ1) is 6.45. The van der Waals surface area contributed by atoms with E-state index in [0.29, 0.717) is 0 Å². The van der Waals surface area contributed by atoms with Crippen molar-refractivity contribution in [2.75, 3.05) is 6.54 Å².